The summed E-state index contributed by atoms with van der Waals surface area (Å²) in [6, 6.07) is 7.63. The van der Waals surface area contributed by atoms with Gasteiger partial charge in [-0.2, -0.15) is 0 Å². The number of hydrogen-bond donors (Lipinski definition) is 1. The summed E-state index contributed by atoms with van der Waals surface area (Å²) in [5.41, 5.74) is 0.481. The van der Waals surface area contributed by atoms with Crippen molar-refractivity contribution in [1.82, 2.24) is 0 Å². The minimum Gasteiger partial charge on any atom is -0.497 e. The lowest BCUT2D eigenvalue weighted by Gasteiger charge is -2.36. The van der Waals surface area contributed by atoms with Gasteiger partial charge in [-0.25, -0.2) is 0 Å². The quantitative estimate of drug-likeness (QED) is 0.846. The zero-order valence-corrected chi connectivity index (χ0v) is 11.9. The third-order valence-electron chi connectivity index (χ3n) is 4.29. The molecular formula is C16H24O3. The van der Waals surface area contributed by atoms with E-state index in [0.717, 1.165) is 37.0 Å². The van der Waals surface area contributed by atoms with Gasteiger partial charge < -0.3 is 14.6 Å². The number of aliphatic hydroxyl groups is 1. The first-order valence-electron chi connectivity index (χ1n) is 7.09. The number of aliphatic hydroxyl groups excluding tert-OH is 1. The van der Waals surface area contributed by atoms with Gasteiger partial charge in [-0.15, -0.1) is 0 Å². The van der Waals surface area contributed by atoms with Crippen LogP contribution in [-0.2, 0) is 4.74 Å². The maximum atomic E-state index is 10.7. The highest BCUT2D eigenvalue weighted by atomic mass is 16.5. The molecule has 0 saturated heterocycles. The molecule has 106 valence electrons. The van der Waals surface area contributed by atoms with Gasteiger partial charge in [-0.05, 0) is 30.5 Å². The summed E-state index contributed by atoms with van der Waals surface area (Å²) < 4.78 is 10.9. The van der Waals surface area contributed by atoms with E-state index >= 15 is 0 Å². The second-order valence-corrected chi connectivity index (χ2v) is 5.36. The average molecular weight is 264 g/mol. The minimum absolute atomic E-state index is 0.426. The van der Waals surface area contributed by atoms with Crippen molar-refractivity contribution in [3.8, 4) is 5.75 Å². The normalized spacial score (nSPS) is 20.6. The predicted octanol–water partition coefficient (Wildman–Crippen LogP) is 3.47. The average Bonchev–Trinajstić information content (AvgIpc) is 2.73. The van der Waals surface area contributed by atoms with Crippen LogP contribution in [0.15, 0.2) is 24.3 Å². The molecule has 0 spiro atoms. The number of hydrogen-bond acceptors (Lipinski definition) is 3. The fraction of sp³-hybridized carbons (Fsp3) is 0.625. The van der Waals surface area contributed by atoms with Crippen LogP contribution in [0.1, 0.15) is 50.2 Å². The summed E-state index contributed by atoms with van der Waals surface area (Å²) in [5, 5.41) is 10.7. The Balaban J connectivity index is 2.20. The van der Waals surface area contributed by atoms with Crippen LogP contribution in [-0.4, -0.2) is 24.9 Å². The Bertz CT molecular complexity index is 377. The van der Waals surface area contributed by atoms with E-state index in [9.17, 15) is 5.11 Å². The molecule has 1 aliphatic rings. The summed E-state index contributed by atoms with van der Waals surface area (Å²) in [5.74, 6) is 0.809. The van der Waals surface area contributed by atoms with E-state index in [1.807, 2.05) is 24.3 Å². The van der Waals surface area contributed by atoms with Crippen molar-refractivity contribution in [3.63, 3.8) is 0 Å². The molecule has 0 amide bonds. The van der Waals surface area contributed by atoms with Gasteiger partial charge >= 0.3 is 0 Å². The molecule has 0 heterocycles. The number of benzene rings is 1. The standard InChI is InChI=1S/C16H24O3/c1-18-14-9-7-13(8-10-14)15(17)16(19-2)11-5-3-4-6-12-16/h7-10,15,17H,3-6,11-12H2,1-2H3. The molecule has 1 aromatic rings. The van der Waals surface area contributed by atoms with Gasteiger partial charge in [-0.1, -0.05) is 37.8 Å². The van der Waals surface area contributed by atoms with Crippen LogP contribution >= 0.6 is 0 Å². The number of rotatable bonds is 4. The lowest BCUT2D eigenvalue weighted by Crippen LogP contribution is -2.38. The lowest BCUT2D eigenvalue weighted by atomic mass is 9.84. The molecule has 1 unspecified atom stereocenters. The first-order chi connectivity index (χ1) is 9.22. The molecule has 1 atom stereocenters. The van der Waals surface area contributed by atoms with Gasteiger partial charge in [0, 0.05) is 7.11 Å². The zero-order valence-electron chi connectivity index (χ0n) is 11.9. The smallest absolute Gasteiger partial charge is 0.118 e. The van der Waals surface area contributed by atoms with Crippen molar-refractivity contribution in [3.05, 3.63) is 29.8 Å². The molecule has 1 aliphatic carbocycles. The fourth-order valence-electron chi connectivity index (χ4n) is 3.01. The second kappa shape index (κ2) is 6.40. The molecule has 1 saturated carbocycles. The van der Waals surface area contributed by atoms with Gasteiger partial charge in [0.05, 0.1) is 12.7 Å². The molecule has 1 fully saturated rings. The highest BCUT2D eigenvalue weighted by Gasteiger charge is 2.39. The van der Waals surface area contributed by atoms with Gasteiger partial charge in [0.1, 0.15) is 11.9 Å². The van der Waals surface area contributed by atoms with E-state index in [2.05, 4.69) is 0 Å². The van der Waals surface area contributed by atoms with E-state index < -0.39 is 11.7 Å². The molecule has 1 aromatic carbocycles. The van der Waals surface area contributed by atoms with Gasteiger partial charge in [0.25, 0.3) is 0 Å². The molecule has 0 aromatic heterocycles. The van der Waals surface area contributed by atoms with Crippen LogP contribution in [0, 0.1) is 0 Å². The first-order valence-corrected chi connectivity index (χ1v) is 7.09. The molecule has 19 heavy (non-hydrogen) atoms. The van der Waals surface area contributed by atoms with Crippen LogP contribution < -0.4 is 4.74 Å². The second-order valence-electron chi connectivity index (χ2n) is 5.36. The molecule has 0 radical (unpaired) electrons. The van der Waals surface area contributed by atoms with Gasteiger partial charge in [0.15, 0.2) is 0 Å². The minimum atomic E-state index is -0.568. The Morgan fingerprint density at radius 2 is 1.58 bits per heavy atom. The van der Waals surface area contributed by atoms with Crippen LogP contribution in [0.2, 0.25) is 0 Å². The summed E-state index contributed by atoms with van der Waals surface area (Å²) in [6.45, 7) is 0. The fourth-order valence-corrected chi connectivity index (χ4v) is 3.01. The molecule has 1 N–H and O–H groups in total. The van der Waals surface area contributed by atoms with Gasteiger partial charge in [-0.3, -0.25) is 0 Å². The Kier molecular flexibility index (Phi) is 4.83. The molecule has 3 nitrogen and oxygen atoms in total. The van der Waals surface area contributed by atoms with Gasteiger partial charge in [0.2, 0.25) is 0 Å². The van der Waals surface area contributed by atoms with E-state index in [1.165, 1.54) is 12.8 Å². The summed E-state index contributed by atoms with van der Waals surface area (Å²) in [4.78, 5) is 0. The molecule has 0 aliphatic heterocycles. The highest BCUT2D eigenvalue weighted by Crippen LogP contribution is 2.40. The molecular weight excluding hydrogens is 240 g/mol. The Morgan fingerprint density at radius 1 is 1.00 bits per heavy atom. The van der Waals surface area contributed by atoms with E-state index in [-0.39, 0.29) is 0 Å². The SMILES string of the molecule is COc1ccc(C(O)C2(OC)CCCCCC2)cc1. The van der Waals surface area contributed by atoms with Crippen molar-refractivity contribution < 1.29 is 14.6 Å². The Morgan fingerprint density at radius 3 is 2.05 bits per heavy atom. The highest BCUT2D eigenvalue weighted by molar-refractivity contribution is 5.29. The largest absolute Gasteiger partial charge is 0.497 e. The third-order valence-corrected chi connectivity index (χ3v) is 4.29. The molecule has 2 rings (SSSR count). The van der Waals surface area contributed by atoms with Crippen molar-refractivity contribution in [1.29, 1.82) is 0 Å². The maximum absolute atomic E-state index is 10.7. The van der Waals surface area contributed by atoms with Crippen LogP contribution in [0.3, 0.4) is 0 Å². The molecule has 0 bridgehead atoms. The topological polar surface area (TPSA) is 38.7 Å². The van der Waals surface area contributed by atoms with Crippen molar-refractivity contribution >= 4 is 0 Å². The number of methoxy groups -OCH3 is 2. The van der Waals surface area contributed by atoms with Crippen LogP contribution in [0.4, 0.5) is 0 Å². The summed E-state index contributed by atoms with van der Waals surface area (Å²) in [7, 11) is 3.37. The van der Waals surface area contributed by atoms with Crippen molar-refractivity contribution in [2.45, 2.75) is 50.2 Å². The maximum Gasteiger partial charge on any atom is 0.118 e. The Labute approximate surface area is 115 Å². The summed E-state index contributed by atoms with van der Waals surface area (Å²) >= 11 is 0. The van der Waals surface area contributed by atoms with E-state index in [4.69, 9.17) is 9.47 Å². The third kappa shape index (κ3) is 3.10. The Hall–Kier alpha value is -1.06. The summed E-state index contributed by atoms with van der Waals surface area (Å²) in [6.07, 6.45) is 6.01. The predicted molar refractivity (Wildman–Crippen MR) is 75.4 cm³/mol. The lowest BCUT2D eigenvalue weighted by molar-refractivity contribution is -0.114. The van der Waals surface area contributed by atoms with Crippen molar-refractivity contribution in [2.24, 2.45) is 0 Å². The van der Waals surface area contributed by atoms with Crippen LogP contribution in [0.25, 0.3) is 0 Å². The monoisotopic (exact) mass is 264 g/mol. The van der Waals surface area contributed by atoms with Crippen LogP contribution in [0.5, 0.6) is 5.75 Å². The van der Waals surface area contributed by atoms with Crippen molar-refractivity contribution in [2.75, 3.05) is 14.2 Å². The first kappa shape index (κ1) is 14.4. The molecule has 3 heteroatoms. The zero-order chi connectivity index (χ0) is 13.7. The van der Waals surface area contributed by atoms with E-state index in [1.54, 1.807) is 14.2 Å². The number of ether oxygens (including phenoxy) is 2. The van der Waals surface area contributed by atoms with E-state index in [0.29, 0.717) is 0 Å².